The Morgan fingerprint density at radius 2 is 1.95 bits per heavy atom. The number of halogens is 1. The predicted molar refractivity (Wildman–Crippen MR) is 79.1 cm³/mol. The molecule has 0 saturated heterocycles. The van der Waals surface area contributed by atoms with Crippen LogP contribution in [0.5, 0.6) is 5.75 Å². The number of rotatable bonds is 3. The first-order chi connectivity index (χ1) is 10.1. The van der Waals surface area contributed by atoms with Crippen LogP contribution in [0.4, 0.5) is 10.1 Å². The highest BCUT2D eigenvalue weighted by Gasteiger charge is 2.48. The number of benzene rings is 2. The van der Waals surface area contributed by atoms with Crippen molar-refractivity contribution >= 4 is 11.6 Å². The van der Waals surface area contributed by atoms with Crippen LogP contribution in [0, 0.1) is 5.82 Å². The van der Waals surface area contributed by atoms with Crippen molar-refractivity contribution in [3.8, 4) is 5.75 Å². The molecule has 4 heteroatoms. The molecule has 0 bridgehead atoms. The predicted octanol–water partition coefficient (Wildman–Crippen LogP) is 3.48. The third-order valence-electron chi connectivity index (χ3n) is 4.17. The Hall–Kier alpha value is -2.36. The number of carbonyl (C=O) groups is 1. The molecule has 1 amide bonds. The van der Waals surface area contributed by atoms with Crippen LogP contribution in [0.3, 0.4) is 0 Å². The van der Waals surface area contributed by atoms with Crippen molar-refractivity contribution in [1.29, 1.82) is 0 Å². The average molecular weight is 285 g/mol. The van der Waals surface area contributed by atoms with Crippen LogP contribution in [-0.4, -0.2) is 13.0 Å². The third-order valence-corrected chi connectivity index (χ3v) is 4.17. The second-order valence-electron chi connectivity index (χ2n) is 5.10. The highest BCUT2D eigenvalue weighted by atomic mass is 19.1. The van der Waals surface area contributed by atoms with E-state index < -0.39 is 5.41 Å². The van der Waals surface area contributed by atoms with E-state index in [9.17, 15) is 9.18 Å². The van der Waals surface area contributed by atoms with Gasteiger partial charge in [0.1, 0.15) is 17.0 Å². The van der Waals surface area contributed by atoms with Crippen molar-refractivity contribution in [3.63, 3.8) is 0 Å². The maximum absolute atomic E-state index is 13.4. The topological polar surface area (TPSA) is 38.3 Å². The van der Waals surface area contributed by atoms with Crippen molar-refractivity contribution in [2.75, 3.05) is 12.4 Å². The lowest BCUT2D eigenvalue weighted by molar-refractivity contribution is -0.119. The molecule has 1 aliphatic rings. The van der Waals surface area contributed by atoms with Crippen LogP contribution in [0.2, 0.25) is 0 Å². The molecule has 0 radical (unpaired) electrons. The first kappa shape index (κ1) is 13.6. The molecular weight excluding hydrogens is 269 g/mol. The van der Waals surface area contributed by atoms with E-state index in [0.29, 0.717) is 17.9 Å². The van der Waals surface area contributed by atoms with E-state index in [0.717, 1.165) is 11.1 Å². The van der Waals surface area contributed by atoms with Gasteiger partial charge in [0.05, 0.1) is 7.11 Å². The SMILES string of the molecule is CCC1(c2ccccc2OC)C(=O)Nc2cc(F)ccc21. The Morgan fingerprint density at radius 1 is 1.19 bits per heavy atom. The van der Waals surface area contributed by atoms with E-state index in [1.807, 2.05) is 31.2 Å². The maximum Gasteiger partial charge on any atom is 0.239 e. The van der Waals surface area contributed by atoms with Crippen LogP contribution < -0.4 is 10.1 Å². The Kier molecular flexibility index (Phi) is 3.16. The van der Waals surface area contributed by atoms with Gasteiger partial charge in [0, 0.05) is 11.3 Å². The van der Waals surface area contributed by atoms with E-state index in [-0.39, 0.29) is 11.7 Å². The Morgan fingerprint density at radius 3 is 2.67 bits per heavy atom. The third kappa shape index (κ3) is 1.82. The number of para-hydroxylation sites is 1. The Bertz CT molecular complexity index is 714. The summed E-state index contributed by atoms with van der Waals surface area (Å²) in [4.78, 5) is 12.7. The van der Waals surface area contributed by atoms with Crippen LogP contribution in [0.15, 0.2) is 42.5 Å². The van der Waals surface area contributed by atoms with Crippen molar-refractivity contribution in [3.05, 3.63) is 59.4 Å². The second-order valence-corrected chi connectivity index (χ2v) is 5.10. The molecule has 3 rings (SSSR count). The van der Waals surface area contributed by atoms with Crippen molar-refractivity contribution in [1.82, 2.24) is 0 Å². The number of carbonyl (C=O) groups excluding carboxylic acids is 1. The van der Waals surface area contributed by atoms with Crippen molar-refractivity contribution < 1.29 is 13.9 Å². The largest absolute Gasteiger partial charge is 0.496 e. The summed E-state index contributed by atoms with van der Waals surface area (Å²) in [5, 5.41) is 2.80. The lowest BCUT2D eigenvalue weighted by atomic mass is 9.73. The highest BCUT2D eigenvalue weighted by molar-refractivity contribution is 6.09. The second kappa shape index (κ2) is 4.88. The number of nitrogens with one attached hydrogen (secondary N) is 1. The Balaban J connectivity index is 2.29. The first-order valence-electron chi connectivity index (χ1n) is 6.88. The molecule has 108 valence electrons. The summed E-state index contributed by atoms with van der Waals surface area (Å²) in [6, 6.07) is 11.9. The number of hydrogen-bond donors (Lipinski definition) is 1. The lowest BCUT2D eigenvalue weighted by Crippen LogP contribution is -2.35. The molecule has 0 aliphatic carbocycles. The highest BCUT2D eigenvalue weighted by Crippen LogP contribution is 2.48. The van der Waals surface area contributed by atoms with Crippen LogP contribution in [0.1, 0.15) is 24.5 Å². The zero-order chi connectivity index (χ0) is 15.0. The molecule has 2 aromatic carbocycles. The quantitative estimate of drug-likeness (QED) is 0.937. The molecule has 2 aromatic rings. The van der Waals surface area contributed by atoms with Gasteiger partial charge in [0.15, 0.2) is 0 Å². The standard InChI is InChI=1S/C17H16FNO2/c1-3-17(13-6-4-5-7-15(13)21-2)12-9-8-11(18)10-14(12)19-16(17)20/h4-10H,3H2,1-2H3,(H,19,20). The first-order valence-corrected chi connectivity index (χ1v) is 6.88. The molecule has 21 heavy (non-hydrogen) atoms. The normalized spacial score (nSPS) is 20.0. The molecule has 0 saturated carbocycles. The van der Waals surface area contributed by atoms with E-state index >= 15 is 0 Å². The van der Waals surface area contributed by atoms with Gasteiger partial charge in [-0.15, -0.1) is 0 Å². The van der Waals surface area contributed by atoms with E-state index in [4.69, 9.17) is 4.74 Å². The number of methoxy groups -OCH3 is 1. The van der Waals surface area contributed by atoms with Gasteiger partial charge < -0.3 is 10.1 Å². The lowest BCUT2D eigenvalue weighted by Gasteiger charge is -2.28. The molecule has 3 nitrogen and oxygen atoms in total. The van der Waals surface area contributed by atoms with Crippen LogP contribution in [0.25, 0.3) is 0 Å². The summed E-state index contributed by atoms with van der Waals surface area (Å²) in [5.74, 6) is 0.155. The number of fused-ring (bicyclic) bond motifs is 1. The van der Waals surface area contributed by atoms with Gasteiger partial charge in [-0.05, 0) is 30.2 Å². The zero-order valence-electron chi connectivity index (χ0n) is 11.9. The molecule has 0 aromatic heterocycles. The van der Waals surface area contributed by atoms with Gasteiger partial charge >= 0.3 is 0 Å². The molecule has 1 N–H and O–H groups in total. The fraction of sp³-hybridized carbons (Fsp3) is 0.235. The summed E-state index contributed by atoms with van der Waals surface area (Å²) < 4.78 is 18.8. The molecule has 1 atom stereocenters. The minimum atomic E-state index is -0.838. The van der Waals surface area contributed by atoms with Gasteiger partial charge in [-0.2, -0.15) is 0 Å². The summed E-state index contributed by atoms with van der Waals surface area (Å²) in [5.41, 5.74) is 1.29. The number of anilines is 1. The Labute approximate surface area is 122 Å². The fourth-order valence-corrected chi connectivity index (χ4v) is 3.15. The van der Waals surface area contributed by atoms with Crippen molar-refractivity contribution in [2.45, 2.75) is 18.8 Å². The molecule has 1 unspecified atom stereocenters. The van der Waals surface area contributed by atoms with E-state index in [1.54, 1.807) is 13.2 Å². The molecule has 1 heterocycles. The van der Waals surface area contributed by atoms with Gasteiger partial charge in [-0.3, -0.25) is 4.79 Å². The van der Waals surface area contributed by atoms with Gasteiger partial charge in [0.25, 0.3) is 0 Å². The summed E-state index contributed by atoms with van der Waals surface area (Å²) in [6.07, 6.45) is 0.567. The minimum absolute atomic E-state index is 0.143. The fourth-order valence-electron chi connectivity index (χ4n) is 3.15. The molecule has 1 aliphatic heterocycles. The van der Waals surface area contributed by atoms with Crippen molar-refractivity contribution in [2.24, 2.45) is 0 Å². The number of amides is 1. The molecule has 0 spiro atoms. The zero-order valence-corrected chi connectivity index (χ0v) is 11.9. The van der Waals surface area contributed by atoms with Gasteiger partial charge in [-0.1, -0.05) is 31.2 Å². The van der Waals surface area contributed by atoms with Gasteiger partial charge in [0.2, 0.25) is 5.91 Å². The number of ether oxygens (including phenoxy) is 1. The van der Waals surface area contributed by atoms with E-state index in [2.05, 4.69) is 5.32 Å². The number of hydrogen-bond acceptors (Lipinski definition) is 2. The summed E-state index contributed by atoms with van der Waals surface area (Å²) in [6.45, 7) is 1.95. The molecule has 0 fully saturated rings. The summed E-state index contributed by atoms with van der Waals surface area (Å²) in [7, 11) is 1.58. The van der Waals surface area contributed by atoms with Crippen LogP contribution in [-0.2, 0) is 10.2 Å². The minimum Gasteiger partial charge on any atom is -0.496 e. The monoisotopic (exact) mass is 285 g/mol. The van der Waals surface area contributed by atoms with Crippen LogP contribution >= 0.6 is 0 Å². The summed E-state index contributed by atoms with van der Waals surface area (Å²) >= 11 is 0. The maximum atomic E-state index is 13.4. The smallest absolute Gasteiger partial charge is 0.239 e. The molecular formula is C17H16FNO2. The average Bonchev–Trinajstić information content (AvgIpc) is 2.78. The van der Waals surface area contributed by atoms with E-state index in [1.165, 1.54) is 12.1 Å². The van der Waals surface area contributed by atoms with Gasteiger partial charge in [-0.25, -0.2) is 4.39 Å².